The van der Waals surface area contributed by atoms with E-state index in [0.29, 0.717) is 41.9 Å². The summed E-state index contributed by atoms with van der Waals surface area (Å²) in [4.78, 5) is 27.6. The molecular weight excluding hydrogens is 554 g/mol. The van der Waals surface area contributed by atoms with E-state index in [-0.39, 0.29) is 41.3 Å². The van der Waals surface area contributed by atoms with Crippen LogP contribution in [0.1, 0.15) is 55.2 Å². The average molecular weight is 588 g/mol. The highest BCUT2D eigenvalue weighted by Gasteiger charge is 2.42. The zero-order valence-electron chi connectivity index (χ0n) is 23.9. The third kappa shape index (κ3) is 6.02. The summed E-state index contributed by atoms with van der Waals surface area (Å²) in [7, 11) is 1.62. The first-order valence-corrected chi connectivity index (χ1v) is 14.4. The molecule has 0 aromatic heterocycles. The van der Waals surface area contributed by atoms with Gasteiger partial charge in [0.25, 0.3) is 0 Å². The van der Waals surface area contributed by atoms with Gasteiger partial charge >= 0.3 is 5.97 Å². The van der Waals surface area contributed by atoms with E-state index in [1.807, 2.05) is 61.5 Å². The van der Waals surface area contributed by atoms with Gasteiger partial charge in [-0.05, 0) is 67.1 Å². The van der Waals surface area contributed by atoms with Gasteiger partial charge in [-0.25, -0.2) is 4.79 Å². The van der Waals surface area contributed by atoms with E-state index in [0.717, 1.165) is 22.6 Å². The topological polar surface area (TPSA) is 94.1 Å². The Balaban J connectivity index is 1.52. The first-order valence-electron chi connectivity index (χ1n) is 14.0. The number of phenolic OH excluding ortho intramolecular Hbond substituents is 1. The third-order valence-corrected chi connectivity index (χ3v) is 8.07. The molecule has 1 aliphatic heterocycles. The molecule has 0 fully saturated rings. The van der Waals surface area contributed by atoms with Gasteiger partial charge in [0.2, 0.25) is 0 Å². The molecule has 0 spiro atoms. The molecule has 0 saturated carbocycles. The largest absolute Gasteiger partial charge is 0.503 e. The molecule has 0 saturated heterocycles. The quantitative estimate of drug-likeness (QED) is 0.272. The number of allylic oxidation sites excluding steroid dienone is 3. The van der Waals surface area contributed by atoms with Crippen LogP contribution in [0.25, 0.3) is 0 Å². The molecule has 0 amide bonds. The highest BCUT2D eigenvalue weighted by molar-refractivity contribution is 6.32. The molecule has 2 atom stereocenters. The lowest BCUT2D eigenvalue weighted by Crippen LogP contribution is -2.36. The predicted molar refractivity (Wildman–Crippen MR) is 161 cm³/mol. The van der Waals surface area contributed by atoms with Crippen molar-refractivity contribution in [3.8, 4) is 17.2 Å². The Morgan fingerprint density at radius 1 is 1.05 bits per heavy atom. The van der Waals surface area contributed by atoms with Gasteiger partial charge in [0.05, 0.1) is 30.9 Å². The van der Waals surface area contributed by atoms with E-state index in [9.17, 15) is 14.7 Å². The fourth-order valence-corrected chi connectivity index (χ4v) is 5.98. The van der Waals surface area contributed by atoms with Crippen LogP contribution in [-0.2, 0) is 20.7 Å². The smallest absolute Gasteiger partial charge is 0.336 e. The number of carbonyl (C=O) groups excluding carboxylic acids is 2. The summed E-state index contributed by atoms with van der Waals surface area (Å²) in [5.41, 5.74) is 4.87. The number of halogens is 1. The maximum absolute atomic E-state index is 13.9. The fourth-order valence-electron chi connectivity index (χ4n) is 5.76. The van der Waals surface area contributed by atoms with Crippen molar-refractivity contribution in [3.05, 3.63) is 111 Å². The number of ketones is 1. The van der Waals surface area contributed by atoms with E-state index >= 15 is 0 Å². The minimum absolute atomic E-state index is 0.0372. The van der Waals surface area contributed by atoms with Gasteiger partial charge < -0.3 is 24.6 Å². The second kappa shape index (κ2) is 12.7. The van der Waals surface area contributed by atoms with Gasteiger partial charge in [0.15, 0.2) is 17.3 Å². The standard InChI is InChI=1S/C34H34ClNO6/c1-4-41-29-19-24(16-26(35)33(29)38)31-30(34(39)42-15-14-21-8-6-5-7-9-21)20(2)36-27-17-23(18-28(37)32(27)31)22-10-12-25(40-3)13-11-22/h5-13,16,19,23,31,36,38H,4,14-15,17-18H2,1-3H3/t23-,31+/m0/s1. The fraction of sp³-hybridized carbons (Fsp3) is 0.294. The molecule has 0 bridgehead atoms. The van der Waals surface area contributed by atoms with Gasteiger partial charge in [-0.3, -0.25) is 4.79 Å². The van der Waals surface area contributed by atoms with Crippen LogP contribution in [0.3, 0.4) is 0 Å². The Kier molecular flexibility index (Phi) is 8.88. The number of rotatable bonds is 9. The predicted octanol–water partition coefficient (Wildman–Crippen LogP) is 6.60. The van der Waals surface area contributed by atoms with Gasteiger partial charge in [-0.2, -0.15) is 0 Å². The monoisotopic (exact) mass is 587 g/mol. The molecule has 218 valence electrons. The van der Waals surface area contributed by atoms with Crippen molar-refractivity contribution in [2.24, 2.45) is 0 Å². The van der Waals surface area contributed by atoms with Crippen LogP contribution in [0.2, 0.25) is 5.02 Å². The van der Waals surface area contributed by atoms with Crippen molar-refractivity contribution in [2.45, 2.75) is 44.9 Å². The Morgan fingerprint density at radius 2 is 1.79 bits per heavy atom. The SMILES string of the molecule is CCOc1cc([C@@H]2C(C(=O)OCCc3ccccc3)=C(C)NC3=C2C(=O)C[C@@H](c2ccc(OC)cc2)C3)cc(Cl)c1O. The maximum Gasteiger partial charge on any atom is 0.336 e. The summed E-state index contributed by atoms with van der Waals surface area (Å²) < 4.78 is 16.7. The van der Waals surface area contributed by atoms with Gasteiger partial charge in [0.1, 0.15) is 5.75 Å². The van der Waals surface area contributed by atoms with Crippen molar-refractivity contribution in [1.82, 2.24) is 5.32 Å². The number of hydrogen-bond acceptors (Lipinski definition) is 7. The second-order valence-electron chi connectivity index (χ2n) is 10.4. The molecule has 1 heterocycles. The number of ether oxygens (including phenoxy) is 3. The number of esters is 1. The third-order valence-electron chi connectivity index (χ3n) is 7.79. The van der Waals surface area contributed by atoms with E-state index in [4.69, 9.17) is 25.8 Å². The van der Waals surface area contributed by atoms with Crippen LogP contribution in [0.5, 0.6) is 17.2 Å². The summed E-state index contributed by atoms with van der Waals surface area (Å²) in [6.45, 7) is 4.11. The number of methoxy groups -OCH3 is 1. The van der Waals surface area contributed by atoms with Crippen molar-refractivity contribution < 1.29 is 28.9 Å². The van der Waals surface area contributed by atoms with Crippen molar-refractivity contribution in [1.29, 1.82) is 0 Å². The van der Waals surface area contributed by atoms with Crippen LogP contribution in [0.4, 0.5) is 0 Å². The molecule has 2 N–H and O–H groups in total. The normalized spacial score (nSPS) is 18.3. The lowest BCUT2D eigenvalue weighted by molar-refractivity contribution is -0.139. The molecule has 3 aromatic carbocycles. The van der Waals surface area contributed by atoms with Gasteiger partial charge in [-0.15, -0.1) is 0 Å². The highest BCUT2D eigenvalue weighted by atomic mass is 35.5. The van der Waals surface area contributed by atoms with Crippen LogP contribution >= 0.6 is 11.6 Å². The van der Waals surface area contributed by atoms with Crippen molar-refractivity contribution in [3.63, 3.8) is 0 Å². The molecule has 2 aliphatic rings. The Bertz CT molecular complexity index is 1540. The summed E-state index contributed by atoms with van der Waals surface area (Å²) in [5, 5.41) is 14.0. The van der Waals surface area contributed by atoms with Gasteiger partial charge in [-0.1, -0.05) is 54.1 Å². The summed E-state index contributed by atoms with van der Waals surface area (Å²) >= 11 is 6.44. The molecule has 8 heteroatoms. The van der Waals surface area contributed by atoms with E-state index in [2.05, 4.69) is 5.32 Å². The Morgan fingerprint density at radius 3 is 2.48 bits per heavy atom. The van der Waals surface area contributed by atoms with E-state index in [1.165, 1.54) is 0 Å². The molecular formula is C34H34ClNO6. The summed E-state index contributed by atoms with van der Waals surface area (Å²) in [6, 6.07) is 20.8. The average Bonchev–Trinajstić information content (AvgIpc) is 2.99. The number of phenols is 1. The highest BCUT2D eigenvalue weighted by Crippen LogP contribution is 2.48. The number of dihydropyridines is 1. The number of hydrogen-bond donors (Lipinski definition) is 2. The van der Waals surface area contributed by atoms with Crippen LogP contribution in [0.15, 0.2) is 89.3 Å². The lowest BCUT2D eigenvalue weighted by atomic mass is 9.71. The number of benzene rings is 3. The van der Waals surface area contributed by atoms with Crippen LogP contribution in [-0.4, -0.2) is 37.2 Å². The zero-order chi connectivity index (χ0) is 29.8. The number of carbonyl (C=O) groups is 2. The number of nitrogens with one attached hydrogen (secondary N) is 1. The molecule has 42 heavy (non-hydrogen) atoms. The minimum Gasteiger partial charge on any atom is -0.503 e. The molecule has 0 radical (unpaired) electrons. The van der Waals surface area contributed by atoms with Crippen LogP contribution < -0.4 is 14.8 Å². The number of aromatic hydroxyl groups is 1. The van der Waals surface area contributed by atoms with Crippen molar-refractivity contribution >= 4 is 23.4 Å². The van der Waals surface area contributed by atoms with Crippen LogP contribution in [0, 0.1) is 0 Å². The lowest BCUT2D eigenvalue weighted by Gasteiger charge is -2.37. The Hall–Kier alpha value is -4.23. The van der Waals surface area contributed by atoms with E-state index in [1.54, 1.807) is 26.2 Å². The van der Waals surface area contributed by atoms with Crippen molar-refractivity contribution in [2.75, 3.05) is 20.3 Å². The first kappa shape index (κ1) is 29.3. The van der Waals surface area contributed by atoms with E-state index < -0.39 is 11.9 Å². The maximum atomic E-state index is 13.9. The number of Topliss-reactive ketones (excluding diaryl/α,β-unsaturated/α-hetero) is 1. The Labute approximate surface area is 250 Å². The zero-order valence-corrected chi connectivity index (χ0v) is 24.7. The molecule has 7 nitrogen and oxygen atoms in total. The van der Waals surface area contributed by atoms with Gasteiger partial charge in [0, 0.05) is 35.7 Å². The summed E-state index contributed by atoms with van der Waals surface area (Å²) in [5.74, 6) is -0.613. The second-order valence-corrected chi connectivity index (χ2v) is 10.9. The molecule has 3 aromatic rings. The molecule has 0 unspecified atom stereocenters. The summed E-state index contributed by atoms with van der Waals surface area (Å²) in [6.07, 6.45) is 1.43. The first-order chi connectivity index (χ1) is 20.3. The molecule has 1 aliphatic carbocycles. The molecule has 5 rings (SSSR count). The minimum atomic E-state index is -0.743.